The van der Waals surface area contributed by atoms with Crippen LogP contribution in [-0.2, 0) is 19.9 Å². The van der Waals surface area contributed by atoms with Crippen molar-refractivity contribution in [1.29, 1.82) is 0 Å². The van der Waals surface area contributed by atoms with Crippen molar-refractivity contribution in [1.82, 2.24) is 3.97 Å². The van der Waals surface area contributed by atoms with E-state index in [1.54, 1.807) is 31.2 Å². The number of rotatable bonds is 4. The first-order valence-corrected chi connectivity index (χ1v) is 10.8. The molecule has 0 aliphatic rings. The Bertz CT molecular complexity index is 1190. The van der Waals surface area contributed by atoms with Gasteiger partial charge in [-0.1, -0.05) is 24.8 Å². The minimum Gasteiger partial charge on any atom is -0.234 e. The van der Waals surface area contributed by atoms with Crippen LogP contribution in [0.5, 0.6) is 0 Å². The molecule has 3 rings (SSSR count). The second-order valence-electron chi connectivity index (χ2n) is 5.89. The van der Waals surface area contributed by atoms with E-state index in [1.807, 2.05) is 0 Å². The molecule has 0 saturated heterocycles. The first-order chi connectivity index (χ1) is 11.6. The maximum absolute atomic E-state index is 13.1. The van der Waals surface area contributed by atoms with Gasteiger partial charge in [-0.25, -0.2) is 20.8 Å². The first kappa shape index (κ1) is 17.4. The average molecular weight is 375 g/mol. The SMILES string of the molecule is C=C(C)c1cc2cc(S(C)(=O)=O)ccc2n1S(=O)(=O)c1ccccc1. The fourth-order valence-corrected chi connectivity index (χ4v) is 4.91. The summed E-state index contributed by atoms with van der Waals surface area (Å²) < 4.78 is 51.0. The van der Waals surface area contributed by atoms with E-state index < -0.39 is 19.9 Å². The Morgan fingerprint density at radius 3 is 2.12 bits per heavy atom. The highest BCUT2D eigenvalue weighted by Crippen LogP contribution is 2.30. The molecule has 0 unspecified atom stereocenters. The molecule has 1 aromatic heterocycles. The third-order valence-electron chi connectivity index (χ3n) is 3.88. The third kappa shape index (κ3) is 3.01. The van der Waals surface area contributed by atoms with Crippen molar-refractivity contribution in [3.8, 4) is 0 Å². The van der Waals surface area contributed by atoms with Crippen molar-refractivity contribution in [2.75, 3.05) is 6.26 Å². The topological polar surface area (TPSA) is 73.2 Å². The molecule has 0 bridgehead atoms. The largest absolute Gasteiger partial charge is 0.268 e. The van der Waals surface area contributed by atoms with Gasteiger partial charge in [-0.2, -0.15) is 0 Å². The van der Waals surface area contributed by atoms with Gasteiger partial charge in [-0.3, -0.25) is 0 Å². The zero-order valence-corrected chi connectivity index (χ0v) is 15.4. The predicted octanol–water partition coefficient (Wildman–Crippen LogP) is 3.31. The number of hydrogen-bond donors (Lipinski definition) is 0. The smallest absolute Gasteiger partial charge is 0.234 e. The molecule has 130 valence electrons. The van der Waals surface area contributed by atoms with Crippen LogP contribution in [0.15, 0.2) is 71.0 Å². The molecule has 0 atom stereocenters. The molecule has 0 aliphatic heterocycles. The molecule has 0 radical (unpaired) electrons. The molecule has 25 heavy (non-hydrogen) atoms. The molecule has 2 aromatic carbocycles. The molecule has 0 spiro atoms. The van der Waals surface area contributed by atoms with E-state index in [1.165, 1.54) is 34.3 Å². The third-order valence-corrected chi connectivity index (χ3v) is 6.73. The van der Waals surface area contributed by atoms with E-state index in [0.29, 0.717) is 22.2 Å². The van der Waals surface area contributed by atoms with E-state index in [-0.39, 0.29) is 9.79 Å². The summed E-state index contributed by atoms with van der Waals surface area (Å²) in [6, 6.07) is 14.1. The lowest BCUT2D eigenvalue weighted by molar-refractivity contribution is 0.588. The maximum atomic E-state index is 13.1. The van der Waals surface area contributed by atoms with Gasteiger partial charge in [0, 0.05) is 11.6 Å². The standard InChI is InChI=1S/C18H17NO4S2/c1-13(2)18-12-14-11-16(24(3,20)21)9-10-17(14)19(18)25(22,23)15-7-5-4-6-8-15/h4-12H,1H2,2-3H3. The summed E-state index contributed by atoms with van der Waals surface area (Å²) in [5, 5.41) is 0.528. The summed E-state index contributed by atoms with van der Waals surface area (Å²) >= 11 is 0. The van der Waals surface area contributed by atoms with Gasteiger partial charge in [-0.15, -0.1) is 0 Å². The second kappa shape index (κ2) is 5.86. The van der Waals surface area contributed by atoms with Crippen molar-refractivity contribution in [2.45, 2.75) is 16.7 Å². The molecule has 0 N–H and O–H groups in total. The Morgan fingerprint density at radius 2 is 1.56 bits per heavy atom. The number of fused-ring (bicyclic) bond motifs is 1. The lowest BCUT2D eigenvalue weighted by Crippen LogP contribution is -2.15. The van der Waals surface area contributed by atoms with Crippen molar-refractivity contribution < 1.29 is 16.8 Å². The molecule has 5 nitrogen and oxygen atoms in total. The number of hydrogen-bond acceptors (Lipinski definition) is 4. The van der Waals surface area contributed by atoms with Crippen molar-refractivity contribution in [2.24, 2.45) is 0 Å². The summed E-state index contributed by atoms with van der Waals surface area (Å²) in [5.74, 6) is 0. The van der Waals surface area contributed by atoms with Gasteiger partial charge < -0.3 is 0 Å². The maximum Gasteiger partial charge on any atom is 0.268 e. The Balaban J connectivity index is 2.38. The molecule has 1 heterocycles. The van der Waals surface area contributed by atoms with E-state index >= 15 is 0 Å². The Morgan fingerprint density at radius 1 is 0.920 bits per heavy atom. The normalized spacial score (nSPS) is 12.4. The average Bonchev–Trinajstić information content (AvgIpc) is 2.94. The molecule has 3 aromatic rings. The number of allylic oxidation sites excluding steroid dienone is 1. The van der Waals surface area contributed by atoms with Crippen molar-refractivity contribution >= 4 is 36.3 Å². The monoisotopic (exact) mass is 375 g/mol. The highest BCUT2D eigenvalue weighted by Gasteiger charge is 2.24. The van der Waals surface area contributed by atoms with E-state index in [9.17, 15) is 16.8 Å². The Labute approximate surface area is 147 Å². The van der Waals surface area contributed by atoms with E-state index in [4.69, 9.17) is 0 Å². The van der Waals surface area contributed by atoms with Crippen molar-refractivity contribution in [3.05, 3.63) is 66.9 Å². The Hall–Kier alpha value is -2.38. The number of aromatic nitrogens is 1. The van der Waals surface area contributed by atoms with Gasteiger partial charge >= 0.3 is 0 Å². The van der Waals surface area contributed by atoms with Crippen molar-refractivity contribution in [3.63, 3.8) is 0 Å². The van der Waals surface area contributed by atoms with Gasteiger partial charge in [-0.05, 0) is 48.9 Å². The first-order valence-electron chi connectivity index (χ1n) is 7.44. The van der Waals surface area contributed by atoms with Crippen LogP contribution in [0.2, 0.25) is 0 Å². The molecule has 7 heteroatoms. The van der Waals surface area contributed by atoms with Crippen LogP contribution in [0.25, 0.3) is 16.5 Å². The summed E-state index contributed by atoms with van der Waals surface area (Å²) in [5.41, 5.74) is 1.40. The summed E-state index contributed by atoms with van der Waals surface area (Å²) in [4.78, 5) is 0.296. The van der Waals surface area contributed by atoms with Gasteiger partial charge in [0.05, 0.1) is 21.0 Å². The predicted molar refractivity (Wildman–Crippen MR) is 98.8 cm³/mol. The molecule has 0 aliphatic carbocycles. The van der Waals surface area contributed by atoms with Crippen LogP contribution < -0.4 is 0 Å². The lowest BCUT2D eigenvalue weighted by Gasteiger charge is -2.12. The molecule has 0 amide bonds. The Kier molecular flexibility index (Phi) is 4.09. The zero-order chi connectivity index (χ0) is 18.4. The second-order valence-corrected chi connectivity index (χ2v) is 9.69. The summed E-state index contributed by atoms with van der Waals surface area (Å²) in [6.07, 6.45) is 1.12. The molecular formula is C18H17NO4S2. The van der Waals surface area contributed by atoms with Gasteiger partial charge in [0.15, 0.2) is 9.84 Å². The fraction of sp³-hybridized carbons (Fsp3) is 0.111. The highest BCUT2D eigenvalue weighted by atomic mass is 32.2. The van der Waals surface area contributed by atoms with Crippen LogP contribution in [0.3, 0.4) is 0 Å². The quantitative estimate of drug-likeness (QED) is 0.701. The van der Waals surface area contributed by atoms with Crippen LogP contribution in [-0.4, -0.2) is 27.1 Å². The van der Waals surface area contributed by atoms with Gasteiger partial charge in [0.2, 0.25) is 0 Å². The minimum absolute atomic E-state index is 0.141. The van der Waals surface area contributed by atoms with Crippen LogP contribution in [0, 0.1) is 0 Å². The minimum atomic E-state index is -3.84. The lowest BCUT2D eigenvalue weighted by atomic mass is 10.2. The number of nitrogens with zero attached hydrogens (tertiary/aromatic N) is 1. The summed E-state index contributed by atoms with van der Waals surface area (Å²) in [6.45, 7) is 5.57. The molecule has 0 fully saturated rings. The van der Waals surface area contributed by atoms with Gasteiger partial charge in [0.25, 0.3) is 10.0 Å². The van der Waals surface area contributed by atoms with Crippen LogP contribution >= 0.6 is 0 Å². The van der Waals surface area contributed by atoms with Crippen LogP contribution in [0.1, 0.15) is 12.6 Å². The fourth-order valence-electron chi connectivity index (χ4n) is 2.65. The van der Waals surface area contributed by atoms with E-state index in [2.05, 4.69) is 6.58 Å². The highest BCUT2D eigenvalue weighted by molar-refractivity contribution is 7.90. The number of sulfone groups is 1. The zero-order valence-electron chi connectivity index (χ0n) is 13.8. The summed E-state index contributed by atoms with van der Waals surface area (Å²) in [7, 11) is -7.23. The number of benzene rings is 2. The molecule has 0 saturated carbocycles. The van der Waals surface area contributed by atoms with Gasteiger partial charge in [0.1, 0.15) is 0 Å². The van der Waals surface area contributed by atoms with E-state index in [0.717, 1.165) is 6.26 Å². The van der Waals surface area contributed by atoms with Crippen LogP contribution in [0.4, 0.5) is 0 Å². The molecular weight excluding hydrogens is 358 g/mol.